The van der Waals surface area contributed by atoms with Gasteiger partial charge in [-0.15, -0.1) is 0 Å². The molecule has 0 radical (unpaired) electrons. The number of rotatable bonds is 22. The number of thioether (sulfide) groups is 1. The molecule has 3 aromatic carbocycles. The Hall–Kier alpha value is -6.52. The number of fused-ring (bicyclic) bond motifs is 1. The molecule has 3 aromatic rings. The van der Waals surface area contributed by atoms with Gasteiger partial charge in [0.1, 0.15) is 24.1 Å². The molecule has 6 amide bonds. The van der Waals surface area contributed by atoms with E-state index in [-0.39, 0.29) is 60.3 Å². The Balaban J connectivity index is 0.950. The summed E-state index contributed by atoms with van der Waals surface area (Å²) in [6, 6.07) is 19.8. The van der Waals surface area contributed by atoms with Crippen LogP contribution in [-0.2, 0) is 40.0 Å². The molecule has 352 valence electrons. The molecule has 3 unspecified atom stereocenters. The van der Waals surface area contributed by atoms with Crippen LogP contribution in [0.1, 0.15) is 52.7 Å². The molecule has 0 aromatic heterocycles. The third-order valence-electron chi connectivity index (χ3n) is 11.1. The summed E-state index contributed by atoms with van der Waals surface area (Å²) in [6.07, 6.45) is -2.54. The Kier molecular flexibility index (Phi) is 17.5. The van der Waals surface area contributed by atoms with Crippen LogP contribution in [0.15, 0.2) is 84.6 Å². The number of benzene rings is 3. The maximum Gasteiger partial charge on any atom is 0.371 e. The average molecular weight is 932 g/mol. The highest BCUT2D eigenvalue weighted by Crippen LogP contribution is 2.33. The number of nitrogens with one attached hydrogen (secondary N) is 7. The van der Waals surface area contributed by atoms with Crippen molar-refractivity contribution in [1.29, 1.82) is 0 Å². The van der Waals surface area contributed by atoms with E-state index >= 15 is 0 Å². The van der Waals surface area contributed by atoms with Gasteiger partial charge >= 0.3 is 12.0 Å². The van der Waals surface area contributed by atoms with E-state index in [4.69, 9.17) is 9.47 Å². The topological polar surface area (TPSA) is 303 Å². The third kappa shape index (κ3) is 14.0. The van der Waals surface area contributed by atoms with Crippen molar-refractivity contribution in [2.75, 3.05) is 31.9 Å². The number of aromatic hydroxyl groups is 1. The highest BCUT2D eigenvalue weighted by atomic mass is 32.2. The third-order valence-corrected chi connectivity index (χ3v) is 12.6. The number of unbranched alkanes of at least 4 members (excludes halogenated alkanes) is 1. The normalized spacial score (nSPS) is 23.4. The molecule has 3 fully saturated rings. The Morgan fingerprint density at radius 2 is 1.41 bits per heavy atom. The lowest BCUT2D eigenvalue weighted by atomic mass is 9.96. The number of hydrogen-bond acceptors (Lipinski definition) is 14. The summed E-state index contributed by atoms with van der Waals surface area (Å²) in [5.74, 6) is -3.86. The molecule has 11 N–H and O–H groups in total. The fraction of sp³-hybridized carbons (Fsp3) is 0.400. The van der Waals surface area contributed by atoms with E-state index in [0.29, 0.717) is 28.7 Å². The highest BCUT2D eigenvalue weighted by Gasteiger charge is 2.46. The lowest BCUT2D eigenvalue weighted by molar-refractivity contribution is -0.252. The number of aliphatic hydroxyl groups is 2. The number of phenolic OH excluding ortho intramolecular Hbond substituents is 1. The molecule has 0 saturated carbocycles. The number of urea groups is 1. The van der Waals surface area contributed by atoms with Gasteiger partial charge in [0.15, 0.2) is 5.78 Å². The van der Waals surface area contributed by atoms with Crippen LogP contribution in [0.2, 0.25) is 0 Å². The van der Waals surface area contributed by atoms with Gasteiger partial charge in [-0.2, -0.15) is 11.8 Å². The Morgan fingerprint density at radius 3 is 2.08 bits per heavy atom. The summed E-state index contributed by atoms with van der Waals surface area (Å²) in [5, 5.41) is 61.0. The minimum absolute atomic E-state index is 0.0514. The summed E-state index contributed by atoms with van der Waals surface area (Å²) >= 11 is 1.79. The van der Waals surface area contributed by atoms with Gasteiger partial charge in [0.2, 0.25) is 35.7 Å². The quantitative estimate of drug-likeness (QED) is 0.0206. The van der Waals surface area contributed by atoms with E-state index in [9.17, 15) is 54.0 Å². The fourth-order valence-corrected chi connectivity index (χ4v) is 9.02. The maximum atomic E-state index is 12.9. The van der Waals surface area contributed by atoms with E-state index in [1.807, 2.05) is 0 Å². The number of phenols is 1. The molecular formula is C45H53N7O13S. The first-order valence-electron chi connectivity index (χ1n) is 21.3. The predicted molar refractivity (Wildman–Crippen MR) is 238 cm³/mol. The van der Waals surface area contributed by atoms with Gasteiger partial charge in [-0.3, -0.25) is 24.0 Å². The second-order valence-electron chi connectivity index (χ2n) is 15.8. The molecule has 3 saturated heterocycles. The van der Waals surface area contributed by atoms with Crippen molar-refractivity contribution >= 4 is 59.3 Å². The van der Waals surface area contributed by atoms with Gasteiger partial charge in [-0.25, -0.2) is 9.59 Å². The first kappa shape index (κ1) is 48.9. The standard InChI is InChI=1S/C45H53N7O13S/c53-29-16-12-25(13-17-29)18-31(43(61)62)64-44-39(50-19-26-10-14-28(15-11-26)40(58)27-6-2-1-3-7-27)42(60)41(59)32(65-44)20-46-35(55)22-48-37(57)23-49-36(56)21-47-34(54)9-5-4-8-33-38-30(24-66-33)51-45(63)52-38/h1-3,6-7,10-18,30,32-33,38-39,41-42,44,50,53,59-60H,4-5,8-9,19-24H2,(H,46,55)(H,47,54)(H,48,57)(H,49,56)(H,61,62)(H2,51,52,63)/b31-18+/t30?,32-,33?,38?,39-,41+,42-,44-/m1/s1. The minimum Gasteiger partial charge on any atom is -0.508 e. The SMILES string of the molecule is O=C(CCCCC1SCC2NC(=O)NC21)NCC(=O)NCC(=O)NCC(=O)NC[C@H]1O[C@@H](O/C(=C/c2ccc(O)cc2)C(=O)O)[C@H](NCc2ccc(C(=O)c3ccccc3)cc2)[C@@H](O)[C@H]1O. The lowest BCUT2D eigenvalue weighted by Crippen LogP contribution is -2.64. The number of carbonyl (C=O) groups is 7. The number of carbonyl (C=O) groups excluding carboxylic acids is 6. The molecule has 0 aliphatic carbocycles. The molecule has 3 aliphatic rings. The first-order valence-corrected chi connectivity index (χ1v) is 22.4. The minimum atomic E-state index is -1.63. The Morgan fingerprint density at radius 1 is 0.773 bits per heavy atom. The largest absolute Gasteiger partial charge is 0.508 e. The fourth-order valence-electron chi connectivity index (χ4n) is 7.48. The van der Waals surface area contributed by atoms with Crippen LogP contribution in [-0.4, -0.2) is 142 Å². The molecular weight excluding hydrogens is 879 g/mol. The van der Waals surface area contributed by atoms with Crippen molar-refractivity contribution in [2.45, 2.75) is 80.2 Å². The molecule has 21 heteroatoms. The van der Waals surface area contributed by atoms with Crippen molar-refractivity contribution in [1.82, 2.24) is 37.2 Å². The van der Waals surface area contributed by atoms with Crippen molar-refractivity contribution in [3.05, 3.63) is 107 Å². The molecule has 3 aliphatic heterocycles. The number of ether oxygens (including phenoxy) is 2. The van der Waals surface area contributed by atoms with Crippen molar-refractivity contribution in [3.63, 3.8) is 0 Å². The summed E-state index contributed by atoms with van der Waals surface area (Å²) in [7, 11) is 0. The number of carboxylic acids is 1. The van der Waals surface area contributed by atoms with E-state index in [1.54, 1.807) is 66.4 Å². The predicted octanol–water partition coefficient (Wildman–Crippen LogP) is -0.139. The van der Waals surface area contributed by atoms with E-state index in [2.05, 4.69) is 37.2 Å². The Bertz CT molecular complexity index is 2230. The molecule has 6 rings (SSSR count). The molecule has 8 atom stereocenters. The summed E-state index contributed by atoms with van der Waals surface area (Å²) < 4.78 is 11.8. The molecule has 0 bridgehead atoms. The number of ketones is 1. The summed E-state index contributed by atoms with van der Waals surface area (Å²) in [6.45, 7) is -1.74. The van der Waals surface area contributed by atoms with E-state index in [0.717, 1.165) is 18.6 Å². The highest BCUT2D eigenvalue weighted by molar-refractivity contribution is 8.00. The zero-order valence-corrected chi connectivity index (χ0v) is 36.5. The smallest absolute Gasteiger partial charge is 0.371 e. The summed E-state index contributed by atoms with van der Waals surface area (Å²) in [4.78, 5) is 86.4. The van der Waals surface area contributed by atoms with Crippen LogP contribution in [0.4, 0.5) is 4.79 Å². The first-order chi connectivity index (χ1) is 31.7. The van der Waals surface area contributed by atoms with Crippen LogP contribution >= 0.6 is 11.8 Å². The van der Waals surface area contributed by atoms with Gasteiger partial charge < -0.3 is 67.1 Å². The monoisotopic (exact) mass is 931 g/mol. The van der Waals surface area contributed by atoms with Gasteiger partial charge in [-0.05, 0) is 42.2 Å². The van der Waals surface area contributed by atoms with E-state index < -0.39 is 79.7 Å². The maximum absolute atomic E-state index is 12.9. The van der Waals surface area contributed by atoms with Crippen molar-refractivity contribution < 1.29 is 63.5 Å². The zero-order chi connectivity index (χ0) is 47.2. The average Bonchev–Trinajstić information content (AvgIpc) is 3.88. The number of aliphatic hydroxyl groups excluding tert-OH is 2. The second-order valence-corrected chi connectivity index (χ2v) is 17.1. The second kappa shape index (κ2) is 23.6. The number of hydrogen-bond donors (Lipinski definition) is 11. The van der Waals surface area contributed by atoms with Crippen molar-refractivity contribution in [3.8, 4) is 5.75 Å². The van der Waals surface area contributed by atoms with Crippen LogP contribution in [0.3, 0.4) is 0 Å². The Labute approximate surface area is 383 Å². The van der Waals surface area contributed by atoms with Crippen LogP contribution in [0, 0.1) is 0 Å². The lowest BCUT2D eigenvalue weighted by Gasteiger charge is -2.43. The van der Waals surface area contributed by atoms with Crippen LogP contribution in [0.25, 0.3) is 6.08 Å². The van der Waals surface area contributed by atoms with Gasteiger partial charge in [0.25, 0.3) is 0 Å². The van der Waals surface area contributed by atoms with Crippen molar-refractivity contribution in [2.24, 2.45) is 0 Å². The molecule has 66 heavy (non-hydrogen) atoms. The molecule has 3 heterocycles. The molecule has 20 nitrogen and oxygen atoms in total. The van der Waals surface area contributed by atoms with Gasteiger partial charge in [0, 0.05) is 41.6 Å². The van der Waals surface area contributed by atoms with Crippen LogP contribution < -0.4 is 37.2 Å². The zero-order valence-electron chi connectivity index (χ0n) is 35.6. The summed E-state index contributed by atoms with van der Waals surface area (Å²) in [5.41, 5.74) is 1.97. The van der Waals surface area contributed by atoms with Crippen LogP contribution in [0.5, 0.6) is 5.75 Å². The number of aliphatic carboxylic acids is 1. The van der Waals surface area contributed by atoms with Gasteiger partial charge in [0.05, 0.1) is 37.8 Å². The molecule has 0 spiro atoms. The van der Waals surface area contributed by atoms with E-state index in [1.165, 1.54) is 30.3 Å². The number of amides is 6. The van der Waals surface area contributed by atoms with Gasteiger partial charge in [-0.1, -0.05) is 73.2 Å². The number of carboxylic acid groups (broad SMARTS) is 1.